The fraction of sp³-hybridized carbons (Fsp3) is 0.344. The van der Waals surface area contributed by atoms with Gasteiger partial charge in [-0.15, -0.1) is 0 Å². The van der Waals surface area contributed by atoms with Crippen molar-refractivity contribution in [2.45, 2.75) is 38.4 Å². The van der Waals surface area contributed by atoms with E-state index in [2.05, 4.69) is 57.8 Å². The fourth-order valence-electron chi connectivity index (χ4n) is 5.05. The highest BCUT2D eigenvalue weighted by Gasteiger charge is 2.24. The summed E-state index contributed by atoms with van der Waals surface area (Å²) in [5.41, 5.74) is 4.63. The van der Waals surface area contributed by atoms with E-state index in [9.17, 15) is 9.18 Å². The third kappa shape index (κ3) is 7.91. The van der Waals surface area contributed by atoms with Gasteiger partial charge in [-0.3, -0.25) is 9.69 Å². The lowest BCUT2D eigenvalue weighted by Crippen LogP contribution is -2.28. The second-order valence-electron chi connectivity index (χ2n) is 10.2. The van der Waals surface area contributed by atoms with Gasteiger partial charge in [0, 0.05) is 43.3 Å². The molecule has 1 aliphatic heterocycles. The summed E-state index contributed by atoms with van der Waals surface area (Å²) in [5.74, 6) is 0.481. The zero-order chi connectivity index (χ0) is 26.9. The summed E-state index contributed by atoms with van der Waals surface area (Å²) in [6.07, 6.45) is 6.16. The molecule has 7 heteroatoms. The van der Waals surface area contributed by atoms with Gasteiger partial charge in [-0.1, -0.05) is 42.5 Å². The third-order valence-electron chi connectivity index (χ3n) is 7.21. The topological polar surface area (TPSA) is 66.6 Å². The molecule has 6 nitrogen and oxygen atoms in total. The average Bonchev–Trinajstić information content (AvgIpc) is 3.58. The Morgan fingerprint density at radius 2 is 1.79 bits per heavy atom. The van der Waals surface area contributed by atoms with Crippen LogP contribution in [0.4, 0.5) is 4.39 Å². The largest absolute Gasteiger partial charge is 0.489 e. The molecule has 204 valence electrons. The van der Waals surface area contributed by atoms with E-state index in [0.717, 1.165) is 56.6 Å². The molecular weight excluding hydrogens is 493 g/mol. The quantitative estimate of drug-likeness (QED) is 0.232. The van der Waals surface area contributed by atoms with Crippen LogP contribution in [0.3, 0.4) is 0 Å². The summed E-state index contributed by atoms with van der Waals surface area (Å²) in [7, 11) is 0. The normalized spacial score (nSPS) is 15.6. The Morgan fingerprint density at radius 1 is 1.00 bits per heavy atom. The molecule has 1 aromatic heterocycles. The molecule has 0 aliphatic carbocycles. The molecule has 0 spiro atoms. The summed E-state index contributed by atoms with van der Waals surface area (Å²) >= 11 is 0. The maximum atomic E-state index is 12.9. The Morgan fingerprint density at radius 3 is 2.64 bits per heavy atom. The minimum Gasteiger partial charge on any atom is -0.489 e. The molecule has 0 bridgehead atoms. The van der Waals surface area contributed by atoms with Gasteiger partial charge >= 0.3 is 0 Å². The second-order valence-corrected chi connectivity index (χ2v) is 10.2. The number of H-pyrrole nitrogens is 1. The number of carbonyl (C=O) groups is 1. The zero-order valence-corrected chi connectivity index (χ0v) is 22.2. The van der Waals surface area contributed by atoms with E-state index >= 15 is 0 Å². The number of rotatable bonds is 13. The standard InChI is InChI=1S/C32H36FN3O3/c33-27-11-7-25(8-12-27)22-38-23-32(37)34-17-3-4-24-9-13-28(14-10-24)39-29-16-19-36(21-29)18-15-26-20-35-31-6-2-1-5-30(26)31/h1-2,5-14,20,29,35H,3-4,15-19,21-23H2,(H,34,37)/t29-/m1/s1. The first-order valence-electron chi connectivity index (χ1n) is 13.7. The van der Waals surface area contributed by atoms with Crippen LogP contribution in [0.5, 0.6) is 5.75 Å². The molecule has 3 aromatic carbocycles. The predicted octanol–water partition coefficient (Wildman–Crippen LogP) is 5.27. The van der Waals surface area contributed by atoms with Gasteiger partial charge in [0.15, 0.2) is 0 Å². The molecule has 0 radical (unpaired) electrons. The average molecular weight is 530 g/mol. The molecule has 0 unspecified atom stereocenters. The Bertz CT molecular complexity index is 1340. The van der Waals surface area contributed by atoms with Gasteiger partial charge in [-0.05, 0) is 72.7 Å². The first kappa shape index (κ1) is 26.9. The summed E-state index contributed by atoms with van der Waals surface area (Å²) in [5, 5.41) is 4.20. The van der Waals surface area contributed by atoms with E-state index in [-0.39, 0.29) is 31.0 Å². The highest BCUT2D eigenvalue weighted by atomic mass is 19.1. The summed E-state index contributed by atoms with van der Waals surface area (Å²) in [4.78, 5) is 17.8. The lowest BCUT2D eigenvalue weighted by atomic mass is 10.1. The highest BCUT2D eigenvalue weighted by molar-refractivity contribution is 5.83. The number of aromatic amines is 1. The van der Waals surface area contributed by atoms with Crippen molar-refractivity contribution in [3.63, 3.8) is 0 Å². The Balaban J connectivity index is 0.951. The highest BCUT2D eigenvalue weighted by Crippen LogP contribution is 2.22. The van der Waals surface area contributed by atoms with Crippen molar-refractivity contribution in [3.8, 4) is 5.75 Å². The van der Waals surface area contributed by atoms with Crippen LogP contribution < -0.4 is 10.1 Å². The Kier molecular flexibility index (Phi) is 9.25. The first-order chi connectivity index (χ1) is 19.1. The van der Waals surface area contributed by atoms with Crippen molar-refractivity contribution in [2.24, 2.45) is 0 Å². The van der Waals surface area contributed by atoms with Gasteiger partial charge in [0.1, 0.15) is 24.3 Å². The molecule has 0 saturated carbocycles. The van der Waals surface area contributed by atoms with Gasteiger partial charge in [-0.2, -0.15) is 0 Å². The summed E-state index contributed by atoms with van der Waals surface area (Å²) in [6.45, 7) is 3.92. The van der Waals surface area contributed by atoms with E-state index in [4.69, 9.17) is 9.47 Å². The molecule has 4 aromatic rings. The number of hydrogen-bond donors (Lipinski definition) is 2. The van der Waals surface area contributed by atoms with E-state index in [1.165, 1.54) is 34.2 Å². The van der Waals surface area contributed by atoms with E-state index in [1.807, 2.05) is 12.1 Å². The minimum atomic E-state index is -0.285. The molecular formula is C32H36FN3O3. The van der Waals surface area contributed by atoms with Gasteiger partial charge in [-0.25, -0.2) is 4.39 Å². The number of aryl methyl sites for hydroxylation is 1. The van der Waals surface area contributed by atoms with Crippen molar-refractivity contribution in [3.05, 3.63) is 102 Å². The second kappa shape index (κ2) is 13.4. The monoisotopic (exact) mass is 529 g/mol. The van der Waals surface area contributed by atoms with Crippen LogP contribution in [-0.2, 0) is 29.0 Å². The number of fused-ring (bicyclic) bond motifs is 1. The number of ether oxygens (including phenoxy) is 2. The van der Waals surface area contributed by atoms with Crippen LogP contribution in [-0.4, -0.2) is 54.7 Å². The third-order valence-corrected chi connectivity index (χ3v) is 7.21. The Labute approximate surface area is 229 Å². The van der Waals surface area contributed by atoms with Crippen molar-refractivity contribution >= 4 is 16.8 Å². The molecule has 39 heavy (non-hydrogen) atoms. The Hall–Kier alpha value is -3.68. The number of likely N-dealkylation sites (tertiary alicyclic amines) is 1. The van der Waals surface area contributed by atoms with Crippen LogP contribution in [0.2, 0.25) is 0 Å². The van der Waals surface area contributed by atoms with Crippen molar-refractivity contribution in [1.29, 1.82) is 0 Å². The van der Waals surface area contributed by atoms with Crippen LogP contribution in [0.25, 0.3) is 10.9 Å². The number of para-hydroxylation sites is 1. The lowest BCUT2D eigenvalue weighted by Gasteiger charge is -2.17. The molecule has 1 fully saturated rings. The molecule has 1 amide bonds. The number of carbonyl (C=O) groups excluding carboxylic acids is 1. The number of hydrogen-bond acceptors (Lipinski definition) is 4. The van der Waals surface area contributed by atoms with Crippen LogP contribution >= 0.6 is 0 Å². The molecule has 1 aliphatic rings. The van der Waals surface area contributed by atoms with Crippen LogP contribution in [0, 0.1) is 5.82 Å². The SMILES string of the molecule is O=C(COCc1ccc(F)cc1)NCCCc1ccc(O[C@@H]2CCN(CCc3c[nH]c4ccccc34)C2)cc1. The predicted molar refractivity (Wildman–Crippen MR) is 151 cm³/mol. The number of nitrogens with zero attached hydrogens (tertiary/aromatic N) is 1. The van der Waals surface area contributed by atoms with Gasteiger partial charge < -0.3 is 19.8 Å². The number of amides is 1. The van der Waals surface area contributed by atoms with Crippen molar-refractivity contribution < 1.29 is 18.7 Å². The van der Waals surface area contributed by atoms with Crippen molar-refractivity contribution in [2.75, 3.05) is 32.8 Å². The minimum absolute atomic E-state index is 0.00889. The van der Waals surface area contributed by atoms with Gasteiger partial charge in [0.2, 0.25) is 5.91 Å². The summed E-state index contributed by atoms with van der Waals surface area (Å²) in [6, 6.07) is 22.8. The maximum Gasteiger partial charge on any atom is 0.246 e. The molecule has 2 heterocycles. The number of aromatic nitrogens is 1. The maximum absolute atomic E-state index is 12.9. The van der Waals surface area contributed by atoms with E-state index in [1.54, 1.807) is 12.1 Å². The smallest absolute Gasteiger partial charge is 0.246 e. The first-order valence-corrected chi connectivity index (χ1v) is 13.7. The number of halogens is 1. The zero-order valence-electron chi connectivity index (χ0n) is 22.2. The number of nitrogens with one attached hydrogen (secondary N) is 2. The fourth-order valence-corrected chi connectivity index (χ4v) is 5.05. The van der Waals surface area contributed by atoms with E-state index < -0.39 is 0 Å². The van der Waals surface area contributed by atoms with Gasteiger partial charge in [0.05, 0.1) is 6.61 Å². The van der Waals surface area contributed by atoms with Gasteiger partial charge in [0.25, 0.3) is 0 Å². The van der Waals surface area contributed by atoms with Crippen LogP contribution in [0.1, 0.15) is 29.5 Å². The van der Waals surface area contributed by atoms with E-state index in [0.29, 0.717) is 6.54 Å². The van der Waals surface area contributed by atoms with Crippen molar-refractivity contribution in [1.82, 2.24) is 15.2 Å². The molecule has 1 saturated heterocycles. The molecule has 5 rings (SSSR count). The summed E-state index contributed by atoms with van der Waals surface area (Å²) < 4.78 is 24.6. The molecule has 1 atom stereocenters. The lowest BCUT2D eigenvalue weighted by molar-refractivity contribution is -0.126. The number of benzene rings is 3. The molecule has 2 N–H and O–H groups in total. The van der Waals surface area contributed by atoms with Crippen LogP contribution in [0.15, 0.2) is 79.0 Å².